The van der Waals surface area contributed by atoms with Crippen LogP contribution in [0.15, 0.2) is 24.3 Å². The average molecular weight is 262 g/mol. The van der Waals surface area contributed by atoms with E-state index in [2.05, 4.69) is 12.2 Å². The molecule has 0 saturated carbocycles. The van der Waals surface area contributed by atoms with Crippen LogP contribution in [0, 0.1) is 0 Å². The lowest BCUT2D eigenvalue weighted by Gasteiger charge is -2.24. The Hall–Kier alpha value is -1.55. The second kappa shape index (κ2) is 6.57. The van der Waals surface area contributed by atoms with Crippen LogP contribution in [0.1, 0.15) is 38.4 Å². The number of benzene rings is 1. The maximum absolute atomic E-state index is 11.9. The molecule has 1 unspecified atom stereocenters. The first-order valence-corrected chi connectivity index (χ1v) is 7.01. The molecule has 19 heavy (non-hydrogen) atoms. The van der Waals surface area contributed by atoms with Gasteiger partial charge in [-0.1, -0.05) is 25.5 Å². The molecule has 1 amide bonds. The second-order valence-corrected chi connectivity index (χ2v) is 4.73. The number of ether oxygens (including phenoxy) is 1. The molecule has 0 aliphatic carbocycles. The predicted octanol–water partition coefficient (Wildman–Crippen LogP) is 2.32. The molecule has 0 radical (unpaired) electrons. The minimum atomic E-state index is 0.00901. The third kappa shape index (κ3) is 3.26. The van der Waals surface area contributed by atoms with Crippen molar-refractivity contribution in [2.24, 2.45) is 0 Å². The summed E-state index contributed by atoms with van der Waals surface area (Å²) in [4.78, 5) is 13.8. The average Bonchev–Trinajstić information content (AvgIpc) is 2.79. The Morgan fingerprint density at radius 3 is 2.68 bits per heavy atom. The van der Waals surface area contributed by atoms with Gasteiger partial charge in [0, 0.05) is 6.54 Å². The Bertz CT molecular complexity index is 417. The lowest BCUT2D eigenvalue weighted by atomic mass is 10.1. The third-order valence-electron chi connectivity index (χ3n) is 3.34. The number of hydrogen-bond donors (Lipinski definition) is 1. The van der Waals surface area contributed by atoms with E-state index in [0.29, 0.717) is 13.2 Å². The van der Waals surface area contributed by atoms with Gasteiger partial charge in [0.2, 0.25) is 5.91 Å². The Labute approximate surface area is 114 Å². The van der Waals surface area contributed by atoms with Crippen LogP contribution in [0.2, 0.25) is 0 Å². The van der Waals surface area contributed by atoms with E-state index < -0.39 is 0 Å². The van der Waals surface area contributed by atoms with Crippen LogP contribution in [-0.4, -0.2) is 30.5 Å². The molecule has 1 fully saturated rings. The van der Waals surface area contributed by atoms with Crippen molar-refractivity contribution in [3.05, 3.63) is 29.8 Å². The summed E-state index contributed by atoms with van der Waals surface area (Å²) < 4.78 is 5.44. The zero-order valence-corrected chi connectivity index (χ0v) is 11.7. The van der Waals surface area contributed by atoms with Gasteiger partial charge in [-0.05, 0) is 31.0 Å². The van der Waals surface area contributed by atoms with E-state index in [1.807, 2.05) is 36.1 Å². The van der Waals surface area contributed by atoms with Crippen LogP contribution >= 0.6 is 0 Å². The molecule has 2 rings (SSSR count). The minimum Gasteiger partial charge on any atom is -0.494 e. The maximum Gasteiger partial charge on any atom is 0.238 e. The summed E-state index contributed by atoms with van der Waals surface area (Å²) in [7, 11) is 0. The highest BCUT2D eigenvalue weighted by Crippen LogP contribution is 2.24. The molecule has 1 aliphatic heterocycles. The molecule has 104 valence electrons. The summed E-state index contributed by atoms with van der Waals surface area (Å²) >= 11 is 0. The van der Waals surface area contributed by atoms with Crippen molar-refractivity contribution >= 4 is 5.91 Å². The number of nitrogens with one attached hydrogen (secondary N) is 1. The number of carbonyl (C=O) groups is 1. The van der Waals surface area contributed by atoms with E-state index in [9.17, 15) is 4.79 Å². The predicted molar refractivity (Wildman–Crippen MR) is 75.0 cm³/mol. The molecule has 1 aromatic rings. The fourth-order valence-corrected chi connectivity index (χ4v) is 2.33. The molecule has 4 heteroatoms. The molecule has 1 aromatic carbocycles. The summed E-state index contributed by atoms with van der Waals surface area (Å²) in [6.45, 7) is 6.03. The van der Waals surface area contributed by atoms with Crippen molar-refractivity contribution in [2.45, 2.75) is 32.9 Å². The topological polar surface area (TPSA) is 41.6 Å². The molecule has 1 N–H and O–H groups in total. The Morgan fingerprint density at radius 2 is 2.05 bits per heavy atom. The van der Waals surface area contributed by atoms with E-state index in [4.69, 9.17) is 4.74 Å². The molecule has 1 saturated heterocycles. The first-order chi connectivity index (χ1) is 9.26. The standard InChI is InChI=1S/C15H22N2O2/c1-3-5-10-17-14(18)11-16-15(17)12-6-8-13(9-7-12)19-4-2/h6-9,15-16H,3-5,10-11H2,1-2H3. The zero-order chi connectivity index (χ0) is 13.7. The fourth-order valence-electron chi connectivity index (χ4n) is 2.33. The van der Waals surface area contributed by atoms with Crippen molar-refractivity contribution in [3.63, 3.8) is 0 Å². The number of rotatable bonds is 6. The molecule has 4 nitrogen and oxygen atoms in total. The highest BCUT2D eigenvalue weighted by atomic mass is 16.5. The van der Waals surface area contributed by atoms with E-state index in [-0.39, 0.29) is 12.1 Å². The van der Waals surface area contributed by atoms with Gasteiger partial charge >= 0.3 is 0 Å². The molecular weight excluding hydrogens is 240 g/mol. The number of nitrogens with zero attached hydrogens (tertiary/aromatic N) is 1. The number of unbranched alkanes of at least 4 members (excludes halogenated alkanes) is 1. The molecule has 0 spiro atoms. The number of amides is 1. The van der Waals surface area contributed by atoms with Gasteiger partial charge < -0.3 is 9.64 Å². The van der Waals surface area contributed by atoms with Crippen LogP contribution in [0.4, 0.5) is 0 Å². The van der Waals surface area contributed by atoms with Crippen molar-refractivity contribution in [2.75, 3.05) is 19.7 Å². The van der Waals surface area contributed by atoms with Gasteiger partial charge in [-0.15, -0.1) is 0 Å². The van der Waals surface area contributed by atoms with E-state index >= 15 is 0 Å². The number of hydrogen-bond acceptors (Lipinski definition) is 3. The largest absolute Gasteiger partial charge is 0.494 e. The summed E-state index contributed by atoms with van der Waals surface area (Å²) in [6, 6.07) is 7.98. The minimum absolute atomic E-state index is 0.00901. The first kappa shape index (κ1) is 13.9. The van der Waals surface area contributed by atoms with E-state index in [0.717, 1.165) is 30.7 Å². The zero-order valence-electron chi connectivity index (χ0n) is 11.7. The fraction of sp³-hybridized carbons (Fsp3) is 0.533. The summed E-state index contributed by atoms with van der Waals surface area (Å²) in [5.74, 6) is 1.06. The van der Waals surface area contributed by atoms with E-state index in [1.165, 1.54) is 0 Å². The molecular formula is C15H22N2O2. The van der Waals surface area contributed by atoms with Crippen LogP contribution in [-0.2, 0) is 4.79 Å². The number of carbonyl (C=O) groups excluding carboxylic acids is 1. The highest BCUT2D eigenvalue weighted by Gasteiger charge is 2.30. The van der Waals surface area contributed by atoms with Crippen LogP contribution in [0.3, 0.4) is 0 Å². The van der Waals surface area contributed by atoms with Crippen molar-refractivity contribution in [1.82, 2.24) is 10.2 Å². The van der Waals surface area contributed by atoms with Gasteiger partial charge in [0.1, 0.15) is 11.9 Å². The monoisotopic (exact) mass is 262 g/mol. The van der Waals surface area contributed by atoms with Gasteiger partial charge in [-0.25, -0.2) is 0 Å². The van der Waals surface area contributed by atoms with Gasteiger partial charge in [0.15, 0.2) is 0 Å². The summed E-state index contributed by atoms with van der Waals surface area (Å²) in [6.07, 6.45) is 2.15. The Morgan fingerprint density at radius 1 is 1.32 bits per heavy atom. The first-order valence-electron chi connectivity index (χ1n) is 7.01. The normalized spacial score (nSPS) is 18.9. The van der Waals surface area contributed by atoms with Crippen LogP contribution in [0.25, 0.3) is 0 Å². The maximum atomic E-state index is 11.9. The van der Waals surface area contributed by atoms with E-state index in [1.54, 1.807) is 0 Å². The lowest BCUT2D eigenvalue weighted by Crippen LogP contribution is -2.31. The van der Waals surface area contributed by atoms with Gasteiger partial charge in [-0.2, -0.15) is 0 Å². The van der Waals surface area contributed by atoms with Crippen molar-refractivity contribution in [1.29, 1.82) is 0 Å². The second-order valence-electron chi connectivity index (χ2n) is 4.73. The molecule has 1 atom stereocenters. The van der Waals surface area contributed by atoms with Gasteiger partial charge in [-0.3, -0.25) is 10.1 Å². The lowest BCUT2D eigenvalue weighted by molar-refractivity contribution is -0.128. The van der Waals surface area contributed by atoms with Crippen LogP contribution in [0.5, 0.6) is 5.75 Å². The Balaban J connectivity index is 2.08. The van der Waals surface area contributed by atoms with Crippen LogP contribution < -0.4 is 10.1 Å². The van der Waals surface area contributed by atoms with Gasteiger partial charge in [0.25, 0.3) is 0 Å². The summed E-state index contributed by atoms with van der Waals surface area (Å²) in [5, 5.41) is 3.27. The SMILES string of the molecule is CCCCN1C(=O)CNC1c1ccc(OCC)cc1. The highest BCUT2D eigenvalue weighted by molar-refractivity contribution is 5.80. The quantitative estimate of drug-likeness (QED) is 0.855. The molecule has 1 heterocycles. The van der Waals surface area contributed by atoms with Crippen molar-refractivity contribution in [3.8, 4) is 5.75 Å². The molecule has 1 aliphatic rings. The smallest absolute Gasteiger partial charge is 0.238 e. The van der Waals surface area contributed by atoms with Crippen molar-refractivity contribution < 1.29 is 9.53 Å². The molecule has 0 aromatic heterocycles. The van der Waals surface area contributed by atoms with Gasteiger partial charge in [0.05, 0.1) is 13.2 Å². The Kier molecular flexibility index (Phi) is 4.80. The summed E-state index contributed by atoms with van der Waals surface area (Å²) in [5.41, 5.74) is 1.12. The molecule has 0 bridgehead atoms. The third-order valence-corrected chi connectivity index (χ3v) is 3.34.